The highest BCUT2D eigenvalue weighted by Gasteiger charge is 2.52. The number of amidine groups is 2. The van der Waals surface area contributed by atoms with Gasteiger partial charge in [0.15, 0.2) is 29.3 Å². The quantitative estimate of drug-likeness (QED) is 0.0226. The first-order valence-corrected chi connectivity index (χ1v) is 28.1. The SMILES string of the molecule is COc1ccc(-c2ccc3cc(C(=O)OC(COc4cccc5oc(C(=O)OCCn6c([N+](=O)[O-])cnc6C)cc(=O)c45)COc4cccc5oc(C(=O)OCC[N+]6=C([N+](=O)[O-])CN=C6C)cc(=O)c45)ccc3c2)cc1C12CC3CC(CC(C3)C1)C2. The molecule has 4 heterocycles. The minimum absolute atomic E-state index is 0.00381. The van der Waals surface area contributed by atoms with Gasteiger partial charge in [0.1, 0.15) is 78.4 Å². The fraction of sp³-hybridized carbons (Fsp3) is 0.333. The summed E-state index contributed by atoms with van der Waals surface area (Å²) in [5, 5.41) is 24.5. The summed E-state index contributed by atoms with van der Waals surface area (Å²) >= 11 is 0. The summed E-state index contributed by atoms with van der Waals surface area (Å²) in [6, 6.07) is 28.6. The van der Waals surface area contributed by atoms with Crippen molar-refractivity contribution >= 4 is 68.1 Å². The molecule has 5 aromatic carbocycles. The van der Waals surface area contributed by atoms with Gasteiger partial charge in [-0.1, -0.05) is 36.4 Å². The van der Waals surface area contributed by atoms with Crippen molar-refractivity contribution in [2.24, 2.45) is 22.7 Å². The van der Waals surface area contributed by atoms with Crippen LogP contribution >= 0.6 is 0 Å². The van der Waals surface area contributed by atoms with Crippen molar-refractivity contribution in [2.75, 3.05) is 46.6 Å². The van der Waals surface area contributed by atoms with Crippen molar-refractivity contribution in [3.05, 3.63) is 178 Å². The number of methoxy groups -OCH3 is 1. The minimum Gasteiger partial charge on any atom is -0.496 e. The number of nitro groups is 2. The van der Waals surface area contributed by atoms with E-state index in [1.54, 1.807) is 33.1 Å². The van der Waals surface area contributed by atoms with Crippen molar-refractivity contribution in [3.63, 3.8) is 0 Å². The number of aromatic nitrogens is 2. The number of carbonyl (C=O) groups excluding carboxylic acids is 3. The van der Waals surface area contributed by atoms with E-state index in [0.29, 0.717) is 11.7 Å². The maximum absolute atomic E-state index is 14.3. The Bertz CT molecular complexity index is 4260. The Morgan fingerprint density at radius 1 is 0.709 bits per heavy atom. The summed E-state index contributed by atoms with van der Waals surface area (Å²) in [5.74, 6) is -0.122. The normalized spacial score (nSPS) is 18.9. The van der Waals surface area contributed by atoms with Gasteiger partial charge in [-0.15, -0.1) is 4.58 Å². The van der Waals surface area contributed by atoms with E-state index in [9.17, 15) is 44.2 Å². The van der Waals surface area contributed by atoms with Gasteiger partial charge in [-0.3, -0.25) is 9.59 Å². The molecule has 13 rings (SSSR count). The van der Waals surface area contributed by atoms with Crippen LogP contribution < -0.4 is 25.1 Å². The van der Waals surface area contributed by atoms with Crippen LogP contribution in [0.4, 0.5) is 5.82 Å². The van der Waals surface area contributed by atoms with Crippen LogP contribution in [0.25, 0.3) is 43.8 Å². The minimum atomic E-state index is -1.24. The summed E-state index contributed by atoms with van der Waals surface area (Å²) in [6.45, 7) is 1.46. The summed E-state index contributed by atoms with van der Waals surface area (Å²) in [4.78, 5) is 97.8. The number of esters is 3. The zero-order chi connectivity index (χ0) is 60.0. The third-order valence-corrected chi connectivity index (χ3v) is 16.9. The zero-order valence-electron chi connectivity index (χ0n) is 47.0. The average Bonchev–Trinajstić information content (AvgIpc) is 0.945. The molecule has 4 saturated carbocycles. The Balaban J connectivity index is 0.782. The van der Waals surface area contributed by atoms with Crippen molar-refractivity contribution in [3.8, 4) is 28.4 Å². The molecule has 0 amide bonds. The van der Waals surface area contributed by atoms with E-state index in [-0.39, 0.29) is 88.9 Å². The molecule has 0 saturated heterocycles. The molecule has 23 heteroatoms. The second-order valence-electron chi connectivity index (χ2n) is 22.3. The third kappa shape index (κ3) is 11.1. The van der Waals surface area contributed by atoms with Crippen molar-refractivity contribution < 1.29 is 66.1 Å². The van der Waals surface area contributed by atoms with Gasteiger partial charge in [-0.2, -0.15) is 0 Å². The van der Waals surface area contributed by atoms with Crippen LogP contribution in [0.1, 0.15) is 88.3 Å². The number of imidazole rings is 1. The fourth-order valence-electron chi connectivity index (χ4n) is 13.3. The fourth-order valence-corrected chi connectivity index (χ4v) is 13.3. The van der Waals surface area contributed by atoms with Crippen LogP contribution in [0.5, 0.6) is 17.2 Å². The lowest BCUT2D eigenvalue weighted by atomic mass is 9.48. The smallest absolute Gasteiger partial charge is 0.417 e. The third-order valence-electron chi connectivity index (χ3n) is 16.9. The number of aryl methyl sites for hydroxylation is 1. The zero-order valence-corrected chi connectivity index (χ0v) is 47.0. The van der Waals surface area contributed by atoms with Crippen LogP contribution in [0.2, 0.25) is 0 Å². The van der Waals surface area contributed by atoms with Crippen molar-refractivity contribution in [2.45, 2.75) is 70.4 Å². The number of rotatable bonds is 20. The lowest BCUT2D eigenvalue weighted by molar-refractivity contribution is -0.490. The van der Waals surface area contributed by atoms with Gasteiger partial charge in [0.05, 0.1) is 19.6 Å². The topological polar surface area (TPSA) is 286 Å². The lowest BCUT2D eigenvalue weighted by Gasteiger charge is -2.57. The average molecular weight is 1170 g/mol. The Morgan fingerprint density at radius 2 is 1.29 bits per heavy atom. The molecule has 0 radical (unpaired) electrons. The molecular formula is C63H57N6O17+. The highest BCUT2D eigenvalue weighted by molar-refractivity contribution is 5.97. The summed E-state index contributed by atoms with van der Waals surface area (Å²) in [5.41, 5.74) is 2.27. The van der Waals surface area contributed by atoms with E-state index in [2.05, 4.69) is 34.2 Å². The number of hydrogen-bond donors (Lipinski definition) is 0. The van der Waals surface area contributed by atoms with Gasteiger partial charge in [-0.25, -0.2) is 23.9 Å². The molecule has 86 heavy (non-hydrogen) atoms. The van der Waals surface area contributed by atoms with E-state index >= 15 is 0 Å². The highest BCUT2D eigenvalue weighted by atomic mass is 16.6. The summed E-state index contributed by atoms with van der Waals surface area (Å²) in [6.07, 6.45) is 7.45. The maximum Gasteiger partial charge on any atom is 0.417 e. The Kier molecular flexibility index (Phi) is 15.2. The lowest BCUT2D eigenvalue weighted by Crippen LogP contribution is -2.48. The van der Waals surface area contributed by atoms with Crippen LogP contribution in [-0.2, 0) is 26.2 Å². The van der Waals surface area contributed by atoms with Crippen LogP contribution in [0, 0.1) is 44.9 Å². The summed E-state index contributed by atoms with van der Waals surface area (Å²) in [7, 11) is 1.75. The molecule has 440 valence electrons. The van der Waals surface area contributed by atoms with E-state index in [4.69, 9.17) is 37.3 Å². The Labute approximate surface area is 488 Å². The van der Waals surface area contributed by atoms with Gasteiger partial charge < -0.3 is 57.5 Å². The number of nitrogens with zero attached hydrogens (tertiary/aromatic N) is 6. The molecule has 4 fully saturated rings. The van der Waals surface area contributed by atoms with Crippen molar-refractivity contribution in [1.29, 1.82) is 0 Å². The van der Waals surface area contributed by atoms with E-state index in [1.807, 2.05) is 18.2 Å². The molecule has 0 N–H and O–H groups in total. The highest BCUT2D eigenvalue weighted by Crippen LogP contribution is 2.62. The molecule has 1 aliphatic heterocycles. The predicted molar refractivity (Wildman–Crippen MR) is 310 cm³/mol. The largest absolute Gasteiger partial charge is 0.496 e. The predicted octanol–water partition coefficient (Wildman–Crippen LogP) is 9.43. The van der Waals surface area contributed by atoms with Crippen LogP contribution in [0.3, 0.4) is 0 Å². The van der Waals surface area contributed by atoms with Gasteiger partial charge in [0.25, 0.3) is 6.54 Å². The molecule has 5 aliphatic rings. The first kappa shape index (κ1) is 56.4. The van der Waals surface area contributed by atoms with E-state index in [0.717, 1.165) is 63.7 Å². The van der Waals surface area contributed by atoms with E-state index < -0.39 is 69.5 Å². The number of carbonyl (C=O) groups is 3. The standard InChI is InChI=1S/C63H57N6O17/c1-35-64-31-56(68(75)76)66(35)16-18-80-61(73)54-26-47(70)58-50(6-4-8-52(58)85-54)82-33-45(34-83-51-7-5-9-53-59(51)48(71)27-55(86-53)62(74)81-19-17-67-36(2)65-32-57(67)69(77)78)84-60(72)44-13-12-40-23-41(10-11-42(40)24-44)43-14-15-49(79-3)46(25-43)63-28-37-20-38(29-63)22-39(21-37)30-63/h4-15,23-27,31,37-39,45H,16-22,28-30,32-34H2,1-3H3/q+1. The molecular weight excluding hydrogens is 1110 g/mol. The van der Waals surface area contributed by atoms with Gasteiger partial charge in [-0.05, 0) is 148 Å². The molecule has 1 unspecified atom stereocenters. The molecule has 0 spiro atoms. The number of aliphatic imine (C=N–C) groups is 1. The molecule has 8 aromatic rings. The monoisotopic (exact) mass is 1170 g/mol. The first-order chi connectivity index (χ1) is 41.5. The second-order valence-corrected chi connectivity index (χ2v) is 22.3. The van der Waals surface area contributed by atoms with Crippen LogP contribution in [0.15, 0.2) is 133 Å². The number of hydrogen-bond acceptors (Lipinski definition) is 19. The second kappa shape index (κ2) is 23.2. The maximum atomic E-state index is 14.3. The van der Waals surface area contributed by atoms with Gasteiger partial charge >= 0.3 is 35.4 Å². The van der Waals surface area contributed by atoms with Crippen LogP contribution in [-0.4, -0.2) is 106 Å². The molecule has 3 aromatic heterocycles. The first-order valence-electron chi connectivity index (χ1n) is 28.1. The molecule has 4 bridgehead atoms. The van der Waals surface area contributed by atoms with Crippen molar-refractivity contribution in [1.82, 2.24) is 9.55 Å². The molecule has 4 aliphatic carbocycles. The number of benzene rings is 5. The summed E-state index contributed by atoms with van der Waals surface area (Å²) < 4.78 is 49.4. The molecule has 1 atom stereocenters. The van der Waals surface area contributed by atoms with Gasteiger partial charge in [0.2, 0.25) is 11.5 Å². The van der Waals surface area contributed by atoms with Gasteiger partial charge in [0, 0.05) is 29.5 Å². The molecule has 23 nitrogen and oxygen atoms in total. The Hall–Kier alpha value is -10.1. The number of ether oxygens (including phenoxy) is 6. The Morgan fingerprint density at radius 3 is 1.90 bits per heavy atom. The number of fused-ring (bicyclic) bond motifs is 3. The van der Waals surface area contributed by atoms with E-state index in [1.165, 1.54) is 89.6 Å².